The largest absolute Gasteiger partial charge is 0.480 e. The Kier molecular flexibility index (Phi) is 3.69. The Morgan fingerprint density at radius 3 is 2.30 bits per heavy atom. The van der Waals surface area contributed by atoms with Crippen LogP contribution in [0, 0.1) is 0 Å². The lowest BCUT2D eigenvalue weighted by atomic mass is 10.1. The van der Waals surface area contributed by atoms with Gasteiger partial charge in [0.15, 0.2) is 0 Å². The molecule has 0 saturated heterocycles. The maximum Gasteiger partial charge on any atom is 0.323 e. The van der Waals surface area contributed by atoms with Crippen LogP contribution < -0.4 is 0 Å². The number of hydrogen-bond acceptors (Lipinski definition) is 3. The zero-order valence-electron chi connectivity index (χ0n) is 10.4. The highest BCUT2D eigenvalue weighted by Crippen LogP contribution is 2.18. The second-order valence-electron chi connectivity index (χ2n) is 4.20. The Balaban J connectivity index is 2.37. The summed E-state index contributed by atoms with van der Waals surface area (Å²) in [5.74, 6) is -3.17. The second-order valence-corrected chi connectivity index (χ2v) is 4.20. The van der Waals surface area contributed by atoms with E-state index < -0.39 is 30.9 Å². The van der Waals surface area contributed by atoms with Crippen molar-refractivity contribution < 1.29 is 24.6 Å². The van der Waals surface area contributed by atoms with Crippen LogP contribution in [0.5, 0.6) is 0 Å². The number of rotatable bonds is 5. The number of nitrogens with zero attached hydrogens (tertiary/aromatic N) is 1. The van der Waals surface area contributed by atoms with E-state index in [1.54, 1.807) is 24.4 Å². The molecule has 0 spiro atoms. The first-order valence-corrected chi connectivity index (χ1v) is 5.78. The molecule has 1 amide bonds. The third-order valence-corrected chi connectivity index (χ3v) is 2.76. The molecule has 1 heterocycles. The van der Waals surface area contributed by atoms with Gasteiger partial charge in [-0.3, -0.25) is 14.4 Å². The zero-order valence-corrected chi connectivity index (χ0v) is 10.4. The molecule has 2 aromatic rings. The summed E-state index contributed by atoms with van der Waals surface area (Å²) in [6.45, 7) is -1.33. The van der Waals surface area contributed by atoms with Crippen LogP contribution in [-0.2, 0) is 9.59 Å². The highest BCUT2D eigenvalue weighted by atomic mass is 16.4. The first kappa shape index (κ1) is 13.6. The number of H-pyrrole nitrogens is 1. The van der Waals surface area contributed by atoms with Crippen molar-refractivity contribution in [2.24, 2.45) is 0 Å². The number of hydrogen-bond donors (Lipinski definition) is 3. The SMILES string of the molecule is O=C(O)CN(CC(=O)O)C(=O)c1cccc2cc[nH]c12. The number of carbonyl (C=O) groups excluding carboxylic acids is 1. The summed E-state index contributed by atoms with van der Waals surface area (Å²) in [6, 6.07) is 6.74. The Bertz CT molecular complexity index is 660. The van der Waals surface area contributed by atoms with Crippen LogP contribution in [0.15, 0.2) is 30.5 Å². The maximum absolute atomic E-state index is 12.3. The minimum absolute atomic E-state index is 0.245. The van der Waals surface area contributed by atoms with Crippen molar-refractivity contribution in [3.63, 3.8) is 0 Å². The molecule has 20 heavy (non-hydrogen) atoms. The fraction of sp³-hybridized carbons (Fsp3) is 0.154. The fourth-order valence-corrected chi connectivity index (χ4v) is 1.96. The summed E-state index contributed by atoms with van der Waals surface area (Å²) >= 11 is 0. The summed E-state index contributed by atoms with van der Waals surface area (Å²) in [6.07, 6.45) is 1.65. The quantitative estimate of drug-likeness (QED) is 0.747. The lowest BCUT2D eigenvalue weighted by Gasteiger charge is -2.18. The lowest BCUT2D eigenvalue weighted by Crippen LogP contribution is -2.39. The minimum atomic E-state index is -1.27. The number of carbonyl (C=O) groups is 3. The molecule has 0 aliphatic heterocycles. The molecule has 0 saturated carbocycles. The highest BCUT2D eigenvalue weighted by Gasteiger charge is 2.22. The van der Waals surface area contributed by atoms with Crippen LogP contribution in [0.1, 0.15) is 10.4 Å². The lowest BCUT2D eigenvalue weighted by molar-refractivity contribution is -0.140. The van der Waals surface area contributed by atoms with Gasteiger partial charge in [-0.1, -0.05) is 12.1 Å². The third-order valence-electron chi connectivity index (χ3n) is 2.76. The topological polar surface area (TPSA) is 111 Å². The number of carboxylic acid groups (broad SMARTS) is 2. The van der Waals surface area contributed by atoms with Gasteiger partial charge in [0.25, 0.3) is 5.91 Å². The van der Waals surface area contributed by atoms with Crippen molar-refractivity contribution in [3.8, 4) is 0 Å². The molecule has 3 N–H and O–H groups in total. The highest BCUT2D eigenvalue weighted by molar-refractivity contribution is 6.07. The van der Waals surface area contributed by atoms with E-state index in [1.165, 1.54) is 6.07 Å². The van der Waals surface area contributed by atoms with Crippen LogP contribution in [0.4, 0.5) is 0 Å². The van der Waals surface area contributed by atoms with Gasteiger partial charge in [0.2, 0.25) is 0 Å². The normalized spacial score (nSPS) is 10.4. The number of nitrogens with one attached hydrogen (secondary N) is 1. The van der Waals surface area contributed by atoms with Crippen molar-refractivity contribution in [1.29, 1.82) is 0 Å². The molecular weight excluding hydrogens is 264 g/mol. The number of aromatic amines is 1. The van der Waals surface area contributed by atoms with Crippen LogP contribution in [0.2, 0.25) is 0 Å². The first-order valence-electron chi connectivity index (χ1n) is 5.78. The van der Waals surface area contributed by atoms with Gasteiger partial charge in [-0.2, -0.15) is 0 Å². The van der Waals surface area contributed by atoms with Gasteiger partial charge in [-0.25, -0.2) is 0 Å². The summed E-state index contributed by atoms with van der Waals surface area (Å²) < 4.78 is 0. The van der Waals surface area contributed by atoms with E-state index in [2.05, 4.69) is 4.98 Å². The van der Waals surface area contributed by atoms with E-state index in [0.717, 1.165) is 10.3 Å². The summed E-state index contributed by atoms with van der Waals surface area (Å²) in [7, 11) is 0. The van der Waals surface area contributed by atoms with Crippen molar-refractivity contribution in [2.75, 3.05) is 13.1 Å². The van der Waals surface area contributed by atoms with Crippen LogP contribution in [-0.4, -0.2) is 51.0 Å². The molecule has 0 aliphatic rings. The number of aromatic nitrogens is 1. The van der Waals surface area contributed by atoms with Gasteiger partial charge in [-0.05, 0) is 12.1 Å². The molecular formula is C13H12N2O5. The number of carboxylic acids is 2. The maximum atomic E-state index is 12.3. The van der Waals surface area contributed by atoms with Crippen molar-refractivity contribution in [1.82, 2.24) is 9.88 Å². The molecule has 0 radical (unpaired) electrons. The van der Waals surface area contributed by atoms with Gasteiger partial charge in [0.05, 0.1) is 11.1 Å². The van der Waals surface area contributed by atoms with Gasteiger partial charge >= 0.3 is 11.9 Å². The average molecular weight is 276 g/mol. The van der Waals surface area contributed by atoms with Crippen molar-refractivity contribution >= 4 is 28.7 Å². The molecule has 1 aromatic carbocycles. The van der Waals surface area contributed by atoms with Crippen LogP contribution in [0.3, 0.4) is 0 Å². The second kappa shape index (κ2) is 5.43. The standard InChI is InChI=1S/C13H12N2O5/c16-10(17)6-15(7-11(18)19)13(20)9-3-1-2-8-4-5-14-12(8)9/h1-5,14H,6-7H2,(H,16,17)(H,18,19). The number of fused-ring (bicyclic) bond motifs is 1. The monoisotopic (exact) mass is 276 g/mol. The molecule has 0 bridgehead atoms. The minimum Gasteiger partial charge on any atom is -0.480 e. The third kappa shape index (κ3) is 2.77. The van der Waals surface area contributed by atoms with Gasteiger partial charge in [-0.15, -0.1) is 0 Å². The fourth-order valence-electron chi connectivity index (χ4n) is 1.96. The Labute approximate surface area is 113 Å². The van der Waals surface area contributed by atoms with Gasteiger partial charge in [0.1, 0.15) is 13.1 Å². The van der Waals surface area contributed by atoms with Crippen molar-refractivity contribution in [2.45, 2.75) is 0 Å². The molecule has 104 valence electrons. The first-order chi connectivity index (χ1) is 9.49. The zero-order chi connectivity index (χ0) is 14.7. The van der Waals surface area contributed by atoms with Gasteiger partial charge in [0, 0.05) is 11.6 Å². The van der Waals surface area contributed by atoms with Crippen LogP contribution >= 0.6 is 0 Å². The number of benzene rings is 1. The summed E-state index contributed by atoms with van der Waals surface area (Å²) in [5, 5.41) is 18.3. The van der Waals surface area contributed by atoms with Gasteiger partial charge < -0.3 is 20.1 Å². The number of aliphatic carboxylic acids is 2. The number of para-hydroxylation sites is 1. The Hall–Kier alpha value is -2.83. The Morgan fingerprint density at radius 1 is 1.05 bits per heavy atom. The summed E-state index contributed by atoms with van der Waals surface area (Å²) in [5.41, 5.74) is 0.799. The van der Waals surface area contributed by atoms with E-state index in [0.29, 0.717) is 5.52 Å². The molecule has 0 unspecified atom stereocenters. The average Bonchev–Trinajstić information content (AvgIpc) is 2.83. The van der Waals surface area contributed by atoms with E-state index in [9.17, 15) is 14.4 Å². The molecule has 1 aromatic heterocycles. The molecule has 0 fully saturated rings. The van der Waals surface area contributed by atoms with Crippen molar-refractivity contribution in [3.05, 3.63) is 36.0 Å². The molecule has 2 rings (SSSR count). The molecule has 0 aliphatic carbocycles. The number of amides is 1. The molecule has 7 heteroatoms. The molecule has 7 nitrogen and oxygen atoms in total. The van der Waals surface area contributed by atoms with E-state index in [-0.39, 0.29) is 5.56 Å². The molecule has 0 atom stereocenters. The smallest absolute Gasteiger partial charge is 0.323 e. The predicted molar refractivity (Wildman–Crippen MR) is 69.5 cm³/mol. The van der Waals surface area contributed by atoms with E-state index in [4.69, 9.17) is 10.2 Å². The Morgan fingerprint density at radius 2 is 1.70 bits per heavy atom. The van der Waals surface area contributed by atoms with Crippen LogP contribution in [0.25, 0.3) is 10.9 Å². The van der Waals surface area contributed by atoms with E-state index >= 15 is 0 Å². The summed E-state index contributed by atoms with van der Waals surface area (Å²) in [4.78, 5) is 37.5. The predicted octanol–water partition coefficient (Wildman–Crippen LogP) is 0.779. The van der Waals surface area contributed by atoms with E-state index in [1.807, 2.05) is 0 Å².